The number of carbonyl (C=O) groups is 2. The van der Waals surface area contributed by atoms with Crippen molar-refractivity contribution in [2.45, 2.75) is 26.7 Å². The molecule has 0 radical (unpaired) electrons. The summed E-state index contributed by atoms with van der Waals surface area (Å²) in [5.74, 6) is -2.76. The molecule has 6 heteroatoms. The van der Waals surface area contributed by atoms with Crippen molar-refractivity contribution >= 4 is 23.6 Å². The van der Waals surface area contributed by atoms with Crippen molar-refractivity contribution < 1.29 is 27.8 Å². The highest BCUT2D eigenvalue weighted by molar-refractivity contribution is 5.87. The molecule has 0 aliphatic carbocycles. The summed E-state index contributed by atoms with van der Waals surface area (Å²) in [5.41, 5.74) is 4.58. The fourth-order valence-corrected chi connectivity index (χ4v) is 3.51. The van der Waals surface area contributed by atoms with E-state index in [1.807, 2.05) is 24.3 Å². The van der Waals surface area contributed by atoms with Crippen molar-refractivity contribution in [1.29, 1.82) is 0 Å². The molecule has 0 atom stereocenters. The highest BCUT2D eigenvalue weighted by Gasteiger charge is 2.12. The molecule has 0 fully saturated rings. The molecule has 0 aromatic heterocycles. The van der Waals surface area contributed by atoms with E-state index in [2.05, 4.69) is 13.2 Å². The Bertz CT molecular complexity index is 1340. The van der Waals surface area contributed by atoms with Crippen LogP contribution in [0.15, 0.2) is 97.1 Å². The van der Waals surface area contributed by atoms with Gasteiger partial charge in [-0.15, -0.1) is 0 Å². The Kier molecular flexibility index (Phi) is 9.88. The van der Waals surface area contributed by atoms with Gasteiger partial charge in [-0.3, -0.25) is 0 Å². The lowest BCUT2D eigenvalue weighted by molar-refractivity contribution is -0.139. The van der Waals surface area contributed by atoms with E-state index >= 15 is 0 Å². The third kappa shape index (κ3) is 7.84. The minimum absolute atomic E-state index is 0.124. The van der Waals surface area contributed by atoms with E-state index in [0.29, 0.717) is 24.0 Å². The number of esters is 2. The van der Waals surface area contributed by atoms with Crippen LogP contribution in [0, 0.1) is 0 Å². The van der Waals surface area contributed by atoms with Gasteiger partial charge in [0, 0.05) is 35.1 Å². The maximum atomic E-state index is 14.9. The molecule has 38 heavy (non-hydrogen) atoms. The van der Waals surface area contributed by atoms with Gasteiger partial charge in [-0.2, -0.15) is 0 Å². The van der Waals surface area contributed by atoms with E-state index in [-0.39, 0.29) is 24.3 Å². The van der Waals surface area contributed by atoms with Crippen molar-refractivity contribution in [1.82, 2.24) is 0 Å². The number of hydrogen-bond acceptors (Lipinski definition) is 4. The Morgan fingerprint density at radius 3 is 1.29 bits per heavy atom. The second-order valence-corrected chi connectivity index (χ2v) is 8.93. The second kappa shape index (κ2) is 13.3. The maximum Gasteiger partial charge on any atom is 0.333 e. The van der Waals surface area contributed by atoms with E-state index in [9.17, 15) is 18.4 Å². The number of ether oxygens (including phenoxy) is 2. The average Bonchev–Trinajstić information content (AvgIpc) is 2.93. The Morgan fingerprint density at radius 2 is 0.921 bits per heavy atom. The van der Waals surface area contributed by atoms with E-state index in [1.54, 1.807) is 50.2 Å². The van der Waals surface area contributed by atoms with Gasteiger partial charge >= 0.3 is 11.9 Å². The van der Waals surface area contributed by atoms with Crippen LogP contribution in [-0.2, 0) is 31.9 Å². The van der Waals surface area contributed by atoms with Crippen LogP contribution < -0.4 is 0 Å². The molecular formula is C32H30F2O4. The first-order valence-corrected chi connectivity index (χ1v) is 12.2. The summed E-state index contributed by atoms with van der Waals surface area (Å²) in [6.45, 7) is 10.7. The van der Waals surface area contributed by atoms with E-state index in [1.165, 1.54) is 12.1 Å². The molecule has 0 spiro atoms. The first-order valence-electron chi connectivity index (χ1n) is 12.2. The van der Waals surface area contributed by atoms with Crippen molar-refractivity contribution in [2.24, 2.45) is 0 Å². The van der Waals surface area contributed by atoms with Crippen LogP contribution in [-0.4, -0.2) is 25.2 Å². The lowest BCUT2D eigenvalue weighted by Crippen LogP contribution is -2.07. The molecule has 0 saturated carbocycles. The van der Waals surface area contributed by atoms with Crippen molar-refractivity contribution in [2.75, 3.05) is 13.2 Å². The molecular weight excluding hydrogens is 486 g/mol. The predicted octanol–water partition coefficient (Wildman–Crippen LogP) is 7.44. The molecule has 0 saturated heterocycles. The van der Waals surface area contributed by atoms with Crippen LogP contribution in [0.4, 0.5) is 8.78 Å². The summed E-state index contributed by atoms with van der Waals surface area (Å²) in [7, 11) is 0. The van der Waals surface area contributed by atoms with Crippen LogP contribution in [0.2, 0.25) is 0 Å². The summed E-state index contributed by atoms with van der Waals surface area (Å²) >= 11 is 0. The third-order valence-corrected chi connectivity index (χ3v) is 5.77. The molecule has 0 aliphatic rings. The highest BCUT2D eigenvalue weighted by Crippen LogP contribution is 2.30. The summed E-state index contributed by atoms with van der Waals surface area (Å²) in [4.78, 5) is 22.9. The largest absolute Gasteiger partial charge is 0.462 e. The van der Waals surface area contributed by atoms with Gasteiger partial charge in [-0.05, 0) is 36.1 Å². The van der Waals surface area contributed by atoms with Crippen LogP contribution in [0.5, 0.6) is 0 Å². The zero-order valence-corrected chi connectivity index (χ0v) is 21.6. The zero-order chi connectivity index (χ0) is 27.7. The molecule has 3 rings (SSSR count). The standard InChI is InChI=1S/C32H30F2O4/c1-21(2)31(35)37-19-17-23-5-9-25(10-6-23)26-13-15-28(16-14-26)30(34)29(33)27-11-7-24(8-12-27)18-20-38-32(36)22(3)4/h5-16H,1,3,17-20H2,2,4H3/b30-29-. The molecule has 0 aliphatic heterocycles. The zero-order valence-electron chi connectivity index (χ0n) is 21.6. The second-order valence-electron chi connectivity index (χ2n) is 8.93. The third-order valence-electron chi connectivity index (χ3n) is 5.77. The number of rotatable bonds is 11. The Hall–Kier alpha value is -4.32. The Morgan fingerprint density at radius 1 is 0.605 bits per heavy atom. The first kappa shape index (κ1) is 28.3. The van der Waals surface area contributed by atoms with Crippen molar-refractivity contribution in [3.05, 3.63) is 119 Å². The highest BCUT2D eigenvalue weighted by atomic mass is 19.2. The van der Waals surface area contributed by atoms with Gasteiger partial charge in [-0.25, -0.2) is 18.4 Å². The van der Waals surface area contributed by atoms with Gasteiger partial charge in [0.05, 0.1) is 13.2 Å². The van der Waals surface area contributed by atoms with Crippen LogP contribution in [0.1, 0.15) is 36.1 Å². The number of carbonyl (C=O) groups excluding carboxylic acids is 2. The van der Waals surface area contributed by atoms with Gasteiger partial charge in [0.1, 0.15) is 0 Å². The average molecular weight is 517 g/mol. The lowest BCUT2D eigenvalue weighted by atomic mass is 10.0. The molecule has 0 unspecified atom stereocenters. The van der Waals surface area contributed by atoms with Crippen LogP contribution >= 0.6 is 0 Å². The molecule has 0 bridgehead atoms. The SMILES string of the molecule is C=C(C)C(=O)OCCc1ccc(/C(F)=C(/F)c2ccc(-c3ccc(CCOC(=O)C(=C)C)cc3)cc2)cc1. The van der Waals surface area contributed by atoms with Gasteiger partial charge in [-0.1, -0.05) is 86.0 Å². The maximum absolute atomic E-state index is 14.9. The fraction of sp³-hybridized carbons (Fsp3) is 0.188. The normalized spacial score (nSPS) is 11.4. The fourth-order valence-electron chi connectivity index (χ4n) is 3.51. The molecule has 0 N–H and O–H groups in total. The van der Waals surface area contributed by atoms with Gasteiger partial charge < -0.3 is 9.47 Å². The van der Waals surface area contributed by atoms with E-state index < -0.39 is 23.6 Å². The molecule has 0 amide bonds. The smallest absolute Gasteiger partial charge is 0.333 e. The molecule has 3 aromatic rings. The van der Waals surface area contributed by atoms with E-state index in [0.717, 1.165) is 22.3 Å². The monoisotopic (exact) mass is 516 g/mol. The molecule has 4 nitrogen and oxygen atoms in total. The van der Waals surface area contributed by atoms with Gasteiger partial charge in [0.2, 0.25) is 0 Å². The molecule has 0 heterocycles. The minimum Gasteiger partial charge on any atom is -0.462 e. The summed E-state index contributed by atoms with van der Waals surface area (Å²) in [5, 5.41) is 0. The van der Waals surface area contributed by atoms with E-state index in [4.69, 9.17) is 9.47 Å². The number of halogens is 2. The van der Waals surface area contributed by atoms with Crippen molar-refractivity contribution in [3.8, 4) is 11.1 Å². The summed E-state index contributed by atoms with van der Waals surface area (Å²) in [6.07, 6.45) is 1.04. The predicted molar refractivity (Wildman–Crippen MR) is 146 cm³/mol. The lowest BCUT2D eigenvalue weighted by Gasteiger charge is -2.08. The number of benzene rings is 3. The molecule has 196 valence electrons. The van der Waals surface area contributed by atoms with Crippen LogP contribution in [0.25, 0.3) is 22.8 Å². The first-order chi connectivity index (χ1) is 18.2. The minimum atomic E-state index is -0.949. The summed E-state index contributed by atoms with van der Waals surface area (Å²) < 4.78 is 39.9. The van der Waals surface area contributed by atoms with Crippen molar-refractivity contribution in [3.63, 3.8) is 0 Å². The van der Waals surface area contributed by atoms with Gasteiger partial charge in [0.25, 0.3) is 0 Å². The van der Waals surface area contributed by atoms with Crippen LogP contribution in [0.3, 0.4) is 0 Å². The Labute approximate surface area is 221 Å². The number of hydrogen-bond donors (Lipinski definition) is 0. The Balaban J connectivity index is 1.61. The summed E-state index contributed by atoms with van der Waals surface area (Å²) in [6, 6.07) is 20.6. The topological polar surface area (TPSA) is 52.6 Å². The molecule has 3 aromatic carbocycles. The van der Waals surface area contributed by atoms with Gasteiger partial charge in [0.15, 0.2) is 11.7 Å². The quantitative estimate of drug-likeness (QED) is 0.151.